The highest BCUT2D eigenvalue weighted by Crippen LogP contribution is 2.31. The molecule has 2 rings (SSSR count). The van der Waals surface area contributed by atoms with Crippen LogP contribution in [0.15, 0.2) is 28.0 Å². The van der Waals surface area contributed by atoms with Crippen LogP contribution in [0.4, 0.5) is 0 Å². The molecule has 0 saturated heterocycles. The van der Waals surface area contributed by atoms with Gasteiger partial charge in [-0.1, -0.05) is 12.8 Å². The molecule has 16 heavy (non-hydrogen) atoms. The molecule has 1 aromatic heterocycles. The predicted molar refractivity (Wildman–Crippen MR) is 59.6 cm³/mol. The van der Waals surface area contributed by atoms with Crippen LogP contribution < -0.4 is 10.3 Å². The average molecular weight is 242 g/mol. The Morgan fingerprint density at radius 3 is 2.69 bits per heavy atom. The van der Waals surface area contributed by atoms with Crippen molar-refractivity contribution >= 4 is 10.0 Å². The van der Waals surface area contributed by atoms with Crippen LogP contribution in [0.3, 0.4) is 0 Å². The maximum Gasteiger partial charge on any atom is 0.247 e. The highest BCUT2D eigenvalue weighted by atomic mass is 32.2. The van der Waals surface area contributed by atoms with E-state index in [2.05, 4.69) is 9.71 Å². The lowest BCUT2D eigenvalue weighted by molar-refractivity contribution is 0.575. The molecule has 2 N–H and O–H groups in total. The van der Waals surface area contributed by atoms with Crippen molar-refractivity contribution in [1.29, 1.82) is 0 Å². The van der Waals surface area contributed by atoms with Crippen molar-refractivity contribution in [2.75, 3.05) is 6.54 Å². The molecule has 0 radical (unpaired) electrons. The van der Waals surface area contributed by atoms with Gasteiger partial charge in [0.1, 0.15) is 0 Å². The lowest BCUT2D eigenvalue weighted by Gasteiger charge is -2.05. The molecule has 0 aliphatic heterocycles. The Bertz CT molecular complexity index is 497. The molecule has 1 aliphatic carbocycles. The zero-order valence-corrected chi connectivity index (χ0v) is 9.59. The quantitative estimate of drug-likeness (QED) is 0.787. The molecule has 88 valence electrons. The van der Waals surface area contributed by atoms with Gasteiger partial charge in [-0.15, -0.1) is 0 Å². The molecular formula is C10H14N2O3S. The van der Waals surface area contributed by atoms with E-state index in [0.717, 1.165) is 6.42 Å². The highest BCUT2D eigenvalue weighted by molar-refractivity contribution is 7.89. The Morgan fingerprint density at radius 1 is 1.38 bits per heavy atom. The van der Waals surface area contributed by atoms with Gasteiger partial charge in [-0.25, -0.2) is 13.1 Å². The van der Waals surface area contributed by atoms with Crippen LogP contribution in [0.25, 0.3) is 0 Å². The van der Waals surface area contributed by atoms with Crippen LogP contribution in [0.5, 0.6) is 0 Å². The van der Waals surface area contributed by atoms with E-state index < -0.39 is 10.0 Å². The third-order valence-corrected chi connectivity index (χ3v) is 4.07. The van der Waals surface area contributed by atoms with E-state index in [0.29, 0.717) is 12.5 Å². The van der Waals surface area contributed by atoms with Crippen molar-refractivity contribution in [2.45, 2.75) is 24.2 Å². The number of hydrogen-bond donors (Lipinski definition) is 2. The Balaban J connectivity index is 1.99. The normalized spacial score (nSPS) is 16.2. The Morgan fingerprint density at radius 2 is 2.12 bits per heavy atom. The summed E-state index contributed by atoms with van der Waals surface area (Å²) in [4.78, 5) is 13.2. The number of aromatic amines is 1. The summed E-state index contributed by atoms with van der Waals surface area (Å²) in [5, 5.41) is 0. The van der Waals surface area contributed by atoms with Crippen LogP contribution in [-0.2, 0) is 10.0 Å². The molecule has 0 amide bonds. The zero-order chi connectivity index (χ0) is 11.6. The first-order chi connectivity index (χ1) is 7.58. The number of H-pyrrole nitrogens is 1. The zero-order valence-electron chi connectivity index (χ0n) is 8.77. The maximum absolute atomic E-state index is 11.7. The first-order valence-electron chi connectivity index (χ1n) is 5.26. The summed E-state index contributed by atoms with van der Waals surface area (Å²) >= 11 is 0. The van der Waals surface area contributed by atoms with Gasteiger partial charge in [-0.05, 0) is 18.4 Å². The van der Waals surface area contributed by atoms with Crippen molar-refractivity contribution in [1.82, 2.24) is 9.71 Å². The van der Waals surface area contributed by atoms with E-state index in [1.807, 2.05) is 0 Å². The van der Waals surface area contributed by atoms with Gasteiger partial charge in [0.25, 0.3) is 0 Å². The number of nitrogens with one attached hydrogen (secondary N) is 2. The fourth-order valence-corrected chi connectivity index (χ4v) is 2.47. The van der Waals surface area contributed by atoms with Crippen LogP contribution in [0.2, 0.25) is 0 Å². The summed E-state index contributed by atoms with van der Waals surface area (Å²) < 4.78 is 25.9. The fourth-order valence-electron chi connectivity index (χ4n) is 1.45. The molecule has 1 saturated carbocycles. The summed E-state index contributed by atoms with van der Waals surface area (Å²) in [6, 6.07) is 2.51. The van der Waals surface area contributed by atoms with Crippen molar-refractivity contribution < 1.29 is 8.42 Å². The first kappa shape index (κ1) is 11.3. The van der Waals surface area contributed by atoms with Gasteiger partial charge >= 0.3 is 0 Å². The summed E-state index contributed by atoms with van der Waals surface area (Å²) in [5.41, 5.74) is -0.308. The summed E-state index contributed by atoms with van der Waals surface area (Å²) in [6.45, 7) is 0.464. The van der Waals surface area contributed by atoms with Crippen LogP contribution >= 0.6 is 0 Å². The molecule has 0 atom stereocenters. The molecule has 6 heteroatoms. The smallest absolute Gasteiger partial charge is 0.247 e. The molecule has 1 aliphatic rings. The summed E-state index contributed by atoms with van der Waals surface area (Å²) in [5.74, 6) is 0.693. The second-order valence-electron chi connectivity index (χ2n) is 4.02. The van der Waals surface area contributed by atoms with E-state index in [1.165, 1.54) is 31.2 Å². The van der Waals surface area contributed by atoms with Crippen LogP contribution in [0.1, 0.15) is 19.3 Å². The standard InChI is InChI=1S/C10H14N2O3S/c13-10-4-3-9(7-11-10)16(14,15)12-6-5-8-1-2-8/h3-4,7-8,12H,1-2,5-6H2,(H,11,13). The SMILES string of the molecule is O=c1ccc(S(=O)(=O)NCCC2CC2)c[nH]1. The monoisotopic (exact) mass is 242 g/mol. The van der Waals surface area contributed by atoms with E-state index in [4.69, 9.17) is 0 Å². The van der Waals surface area contributed by atoms with Gasteiger partial charge in [0.05, 0.1) is 4.90 Å². The average Bonchev–Trinajstić information content (AvgIpc) is 3.02. The summed E-state index contributed by atoms with van der Waals surface area (Å²) in [7, 11) is -3.47. The number of hydrogen-bond acceptors (Lipinski definition) is 3. The van der Waals surface area contributed by atoms with Crippen molar-refractivity contribution in [3.8, 4) is 0 Å². The number of pyridine rings is 1. The van der Waals surface area contributed by atoms with Crippen molar-refractivity contribution in [3.63, 3.8) is 0 Å². The largest absolute Gasteiger partial charge is 0.328 e. The third kappa shape index (κ3) is 2.93. The molecule has 1 heterocycles. The second kappa shape index (κ2) is 4.39. The van der Waals surface area contributed by atoms with E-state index in [1.54, 1.807) is 0 Å². The van der Waals surface area contributed by atoms with Gasteiger partial charge < -0.3 is 4.98 Å². The Labute approximate surface area is 93.9 Å². The number of sulfonamides is 1. The molecule has 0 aromatic carbocycles. The summed E-state index contributed by atoms with van der Waals surface area (Å²) in [6.07, 6.45) is 4.52. The van der Waals surface area contributed by atoms with E-state index >= 15 is 0 Å². The van der Waals surface area contributed by atoms with Gasteiger partial charge in [-0.2, -0.15) is 0 Å². The molecule has 0 unspecified atom stereocenters. The van der Waals surface area contributed by atoms with E-state index in [9.17, 15) is 13.2 Å². The van der Waals surface area contributed by atoms with Crippen molar-refractivity contribution in [3.05, 3.63) is 28.7 Å². The maximum atomic E-state index is 11.7. The number of rotatable bonds is 5. The van der Waals surface area contributed by atoms with Crippen LogP contribution in [-0.4, -0.2) is 19.9 Å². The minimum Gasteiger partial charge on any atom is -0.328 e. The van der Waals surface area contributed by atoms with Gasteiger partial charge in [-0.3, -0.25) is 4.79 Å². The lowest BCUT2D eigenvalue weighted by atomic mass is 10.3. The minimum absolute atomic E-state index is 0.0999. The Kier molecular flexibility index (Phi) is 3.11. The number of aromatic nitrogens is 1. The first-order valence-corrected chi connectivity index (χ1v) is 6.75. The van der Waals surface area contributed by atoms with Crippen LogP contribution in [0, 0.1) is 5.92 Å². The predicted octanol–water partition coefficient (Wildman–Crippen LogP) is 0.453. The minimum atomic E-state index is -3.47. The molecule has 5 nitrogen and oxygen atoms in total. The molecule has 1 fully saturated rings. The molecule has 0 bridgehead atoms. The van der Waals surface area contributed by atoms with Gasteiger partial charge in [0.2, 0.25) is 15.6 Å². The fraction of sp³-hybridized carbons (Fsp3) is 0.500. The Hall–Kier alpha value is -1.14. The molecule has 0 spiro atoms. The van der Waals surface area contributed by atoms with Gasteiger partial charge in [0, 0.05) is 18.8 Å². The lowest BCUT2D eigenvalue weighted by Crippen LogP contribution is -2.25. The highest BCUT2D eigenvalue weighted by Gasteiger charge is 2.22. The van der Waals surface area contributed by atoms with Crippen molar-refractivity contribution in [2.24, 2.45) is 5.92 Å². The topological polar surface area (TPSA) is 79.0 Å². The molecule has 1 aromatic rings. The molecular weight excluding hydrogens is 228 g/mol. The third-order valence-electron chi connectivity index (χ3n) is 2.61. The van der Waals surface area contributed by atoms with E-state index in [-0.39, 0.29) is 10.5 Å². The second-order valence-corrected chi connectivity index (χ2v) is 5.79. The van der Waals surface area contributed by atoms with Gasteiger partial charge in [0.15, 0.2) is 0 Å².